The normalized spacial score (nSPS) is 18.6. The first kappa shape index (κ1) is 19.1. The summed E-state index contributed by atoms with van der Waals surface area (Å²) in [5, 5.41) is 14.3. The zero-order valence-corrected chi connectivity index (χ0v) is 15.9. The SMILES string of the molecule is Cc1ccc(NC(=O)CN2C(=O)NC(C)(c3ccc(C#N)cc3)C2=O)cc1C. The fraction of sp³-hybridized carbons (Fsp3) is 0.238. The smallest absolute Gasteiger partial charge is 0.325 e. The van der Waals surface area contributed by atoms with Crippen LogP contribution in [0.25, 0.3) is 0 Å². The molecule has 142 valence electrons. The van der Waals surface area contributed by atoms with Gasteiger partial charge in [-0.25, -0.2) is 4.79 Å². The van der Waals surface area contributed by atoms with Gasteiger partial charge in [0.1, 0.15) is 12.1 Å². The van der Waals surface area contributed by atoms with Gasteiger partial charge in [-0.1, -0.05) is 18.2 Å². The molecule has 3 rings (SSSR count). The Morgan fingerprint density at radius 2 is 1.82 bits per heavy atom. The Hall–Kier alpha value is -3.66. The number of aryl methyl sites for hydroxylation is 2. The highest BCUT2D eigenvalue weighted by Crippen LogP contribution is 2.29. The molecule has 2 aromatic rings. The minimum absolute atomic E-state index is 0.385. The number of urea groups is 1. The van der Waals surface area contributed by atoms with Crippen molar-refractivity contribution < 1.29 is 14.4 Å². The van der Waals surface area contributed by atoms with E-state index in [1.807, 2.05) is 32.0 Å². The predicted molar refractivity (Wildman–Crippen MR) is 103 cm³/mol. The standard InChI is InChI=1S/C21H20N4O3/c1-13-4-9-17(10-14(13)2)23-18(26)12-25-19(27)21(3,24-20(25)28)16-7-5-15(11-22)6-8-16/h4-10H,12H2,1-3H3,(H,23,26)(H,24,28). The summed E-state index contributed by atoms with van der Waals surface area (Å²) in [6.07, 6.45) is 0. The minimum atomic E-state index is -1.29. The van der Waals surface area contributed by atoms with Crippen LogP contribution in [0.5, 0.6) is 0 Å². The number of hydrogen-bond donors (Lipinski definition) is 2. The minimum Gasteiger partial charge on any atom is -0.325 e. The molecule has 2 N–H and O–H groups in total. The Bertz CT molecular complexity index is 1010. The quantitative estimate of drug-likeness (QED) is 0.801. The molecule has 1 unspecified atom stereocenters. The molecule has 0 spiro atoms. The van der Waals surface area contributed by atoms with E-state index >= 15 is 0 Å². The molecule has 1 aliphatic rings. The lowest BCUT2D eigenvalue weighted by Crippen LogP contribution is -2.42. The van der Waals surface area contributed by atoms with E-state index in [-0.39, 0.29) is 6.54 Å². The molecular formula is C21H20N4O3. The summed E-state index contributed by atoms with van der Waals surface area (Å²) in [6, 6.07) is 13.3. The van der Waals surface area contributed by atoms with Crippen molar-refractivity contribution in [3.8, 4) is 6.07 Å². The molecule has 1 atom stereocenters. The van der Waals surface area contributed by atoms with Crippen molar-refractivity contribution in [1.82, 2.24) is 10.2 Å². The summed E-state index contributed by atoms with van der Waals surface area (Å²) in [6.45, 7) is 5.10. The first-order valence-electron chi connectivity index (χ1n) is 8.76. The van der Waals surface area contributed by atoms with E-state index in [9.17, 15) is 14.4 Å². The molecule has 1 heterocycles. The van der Waals surface area contributed by atoms with Gasteiger partial charge in [-0.05, 0) is 61.7 Å². The molecule has 1 fully saturated rings. The molecule has 1 saturated heterocycles. The number of carbonyl (C=O) groups is 3. The molecule has 0 aromatic heterocycles. The fourth-order valence-corrected chi connectivity index (χ4v) is 3.08. The summed E-state index contributed by atoms with van der Waals surface area (Å²) >= 11 is 0. The third kappa shape index (κ3) is 3.45. The molecule has 7 heteroatoms. The average molecular weight is 376 g/mol. The van der Waals surface area contributed by atoms with Crippen LogP contribution >= 0.6 is 0 Å². The van der Waals surface area contributed by atoms with Crippen molar-refractivity contribution in [3.05, 3.63) is 64.7 Å². The van der Waals surface area contributed by atoms with Crippen LogP contribution in [0.15, 0.2) is 42.5 Å². The molecule has 28 heavy (non-hydrogen) atoms. The van der Waals surface area contributed by atoms with Crippen molar-refractivity contribution in [2.24, 2.45) is 0 Å². The molecule has 0 bridgehead atoms. The van der Waals surface area contributed by atoms with Crippen LogP contribution in [0.2, 0.25) is 0 Å². The van der Waals surface area contributed by atoms with Gasteiger partial charge >= 0.3 is 6.03 Å². The van der Waals surface area contributed by atoms with E-state index in [0.717, 1.165) is 16.0 Å². The topological polar surface area (TPSA) is 102 Å². The van der Waals surface area contributed by atoms with Gasteiger partial charge in [-0.15, -0.1) is 0 Å². The first-order valence-corrected chi connectivity index (χ1v) is 8.76. The lowest BCUT2D eigenvalue weighted by atomic mass is 9.91. The summed E-state index contributed by atoms with van der Waals surface area (Å²) in [5.74, 6) is -0.978. The maximum absolute atomic E-state index is 12.9. The summed E-state index contributed by atoms with van der Waals surface area (Å²) in [5.41, 5.74) is 2.45. The summed E-state index contributed by atoms with van der Waals surface area (Å²) in [4.78, 5) is 38.5. The van der Waals surface area contributed by atoms with E-state index in [1.165, 1.54) is 0 Å². The average Bonchev–Trinajstić information content (AvgIpc) is 2.89. The fourth-order valence-electron chi connectivity index (χ4n) is 3.08. The van der Waals surface area contributed by atoms with E-state index in [1.54, 1.807) is 37.3 Å². The van der Waals surface area contributed by atoms with E-state index in [4.69, 9.17) is 5.26 Å². The Kier molecular flexibility index (Phi) is 4.89. The second-order valence-electron chi connectivity index (χ2n) is 6.98. The van der Waals surface area contributed by atoms with Gasteiger partial charge in [0.2, 0.25) is 5.91 Å². The summed E-state index contributed by atoms with van der Waals surface area (Å²) in [7, 11) is 0. The Labute approximate surface area is 163 Å². The van der Waals surface area contributed by atoms with Crippen molar-refractivity contribution >= 4 is 23.5 Å². The number of imide groups is 1. The maximum atomic E-state index is 12.9. The van der Waals surface area contributed by atoms with Gasteiger partial charge in [0.15, 0.2) is 0 Å². The van der Waals surface area contributed by atoms with Crippen molar-refractivity contribution in [1.29, 1.82) is 5.26 Å². The lowest BCUT2D eigenvalue weighted by Gasteiger charge is -2.22. The van der Waals surface area contributed by atoms with Gasteiger partial charge in [0.25, 0.3) is 5.91 Å². The van der Waals surface area contributed by atoms with Crippen LogP contribution in [0.3, 0.4) is 0 Å². The second kappa shape index (κ2) is 7.16. The van der Waals surface area contributed by atoms with E-state index in [2.05, 4.69) is 10.6 Å². The molecule has 0 saturated carbocycles. The number of nitrogens with zero attached hydrogens (tertiary/aromatic N) is 2. The molecule has 2 aromatic carbocycles. The van der Waals surface area contributed by atoms with Gasteiger partial charge in [0.05, 0.1) is 11.6 Å². The highest BCUT2D eigenvalue weighted by molar-refractivity contribution is 6.10. The number of rotatable bonds is 4. The van der Waals surface area contributed by atoms with Crippen LogP contribution in [0.1, 0.15) is 29.2 Å². The second-order valence-corrected chi connectivity index (χ2v) is 6.98. The van der Waals surface area contributed by atoms with Crippen LogP contribution in [0.4, 0.5) is 10.5 Å². The molecule has 0 aliphatic carbocycles. The number of nitrogens with one attached hydrogen (secondary N) is 2. The number of benzene rings is 2. The zero-order valence-electron chi connectivity index (χ0n) is 15.9. The molecule has 4 amide bonds. The van der Waals surface area contributed by atoms with Gasteiger partial charge in [-0.3, -0.25) is 14.5 Å². The van der Waals surface area contributed by atoms with Gasteiger partial charge in [0, 0.05) is 5.69 Å². The van der Waals surface area contributed by atoms with Crippen LogP contribution in [0, 0.1) is 25.2 Å². The Morgan fingerprint density at radius 3 is 2.43 bits per heavy atom. The maximum Gasteiger partial charge on any atom is 0.325 e. The lowest BCUT2D eigenvalue weighted by molar-refractivity contribution is -0.133. The molecular weight excluding hydrogens is 356 g/mol. The van der Waals surface area contributed by atoms with Crippen molar-refractivity contribution in [2.75, 3.05) is 11.9 Å². The van der Waals surface area contributed by atoms with Crippen molar-refractivity contribution in [3.63, 3.8) is 0 Å². The van der Waals surface area contributed by atoms with Crippen LogP contribution in [-0.4, -0.2) is 29.3 Å². The Morgan fingerprint density at radius 1 is 1.14 bits per heavy atom. The third-order valence-corrected chi connectivity index (χ3v) is 4.96. The third-order valence-electron chi connectivity index (χ3n) is 4.96. The molecule has 1 aliphatic heterocycles. The highest BCUT2D eigenvalue weighted by Gasteiger charge is 2.49. The highest BCUT2D eigenvalue weighted by atomic mass is 16.2. The van der Waals surface area contributed by atoms with E-state index < -0.39 is 23.4 Å². The zero-order chi connectivity index (χ0) is 20.5. The van der Waals surface area contributed by atoms with E-state index in [0.29, 0.717) is 16.8 Å². The van der Waals surface area contributed by atoms with Gasteiger partial charge in [-0.2, -0.15) is 5.26 Å². The first-order chi connectivity index (χ1) is 13.2. The number of amides is 4. The number of nitriles is 1. The molecule has 0 radical (unpaired) electrons. The number of hydrogen-bond acceptors (Lipinski definition) is 4. The number of carbonyl (C=O) groups excluding carboxylic acids is 3. The van der Waals surface area contributed by atoms with Crippen LogP contribution in [-0.2, 0) is 15.1 Å². The van der Waals surface area contributed by atoms with Gasteiger partial charge < -0.3 is 10.6 Å². The monoisotopic (exact) mass is 376 g/mol. The largest absolute Gasteiger partial charge is 0.325 e. The predicted octanol–water partition coefficient (Wildman–Crippen LogP) is 2.58. The summed E-state index contributed by atoms with van der Waals surface area (Å²) < 4.78 is 0. The Balaban J connectivity index is 1.74. The number of anilines is 1. The van der Waals surface area contributed by atoms with Crippen LogP contribution < -0.4 is 10.6 Å². The van der Waals surface area contributed by atoms with Crippen molar-refractivity contribution in [2.45, 2.75) is 26.3 Å². The molecule has 7 nitrogen and oxygen atoms in total.